The largest absolute Gasteiger partial charge is 0.504 e. The Morgan fingerprint density at radius 2 is 2.04 bits per heavy atom. The van der Waals surface area contributed by atoms with E-state index in [-0.39, 0.29) is 22.5 Å². The zero-order valence-electron chi connectivity index (χ0n) is 11.9. The van der Waals surface area contributed by atoms with Crippen molar-refractivity contribution in [3.63, 3.8) is 0 Å². The number of nitriles is 1. The maximum Gasteiger partial charge on any atom is 0.315 e. The maximum absolute atomic E-state index is 10.9. The van der Waals surface area contributed by atoms with E-state index < -0.39 is 22.1 Å². The van der Waals surface area contributed by atoms with E-state index in [0.29, 0.717) is 5.69 Å². The lowest BCUT2D eigenvalue weighted by Gasteiger charge is -2.07. The number of benzene rings is 1. The molecule has 1 aromatic heterocycles. The lowest BCUT2D eigenvalue weighted by Crippen LogP contribution is -2.03. The van der Waals surface area contributed by atoms with Crippen LogP contribution in [0.25, 0.3) is 11.3 Å². The van der Waals surface area contributed by atoms with Gasteiger partial charge in [0.05, 0.1) is 22.5 Å². The molecule has 0 aliphatic carbocycles. The van der Waals surface area contributed by atoms with E-state index >= 15 is 0 Å². The average Bonchev–Trinajstić information content (AvgIpc) is 2.51. The van der Waals surface area contributed by atoms with Gasteiger partial charge in [-0.2, -0.15) is 5.26 Å². The van der Waals surface area contributed by atoms with Crippen LogP contribution >= 0.6 is 0 Å². The highest BCUT2D eigenvalue weighted by atomic mass is 16.6. The smallest absolute Gasteiger partial charge is 0.315 e. The van der Waals surface area contributed by atoms with E-state index in [4.69, 9.17) is 5.73 Å². The number of hydrogen-bond donors (Lipinski definition) is 3. The molecule has 0 atom stereocenters. The molecule has 0 aliphatic rings. The van der Waals surface area contributed by atoms with Crippen LogP contribution in [0.2, 0.25) is 0 Å². The molecule has 2 aromatic rings. The van der Waals surface area contributed by atoms with Crippen LogP contribution in [0.15, 0.2) is 24.5 Å². The van der Waals surface area contributed by atoms with Gasteiger partial charge in [-0.1, -0.05) is 0 Å². The molecule has 0 aliphatic heterocycles. The number of allylic oxidation sites excluding steroid dienone is 1. The van der Waals surface area contributed by atoms with Gasteiger partial charge in [-0.15, -0.1) is 0 Å². The van der Waals surface area contributed by atoms with Gasteiger partial charge >= 0.3 is 5.69 Å². The van der Waals surface area contributed by atoms with Crippen LogP contribution in [0.5, 0.6) is 11.5 Å². The van der Waals surface area contributed by atoms with Crippen LogP contribution in [0.3, 0.4) is 0 Å². The predicted molar refractivity (Wildman–Crippen MR) is 79.8 cm³/mol. The summed E-state index contributed by atoms with van der Waals surface area (Å²) in [4.78, 5) is 18.0. The van der Waals surface area contributed by atoms with Crippen molar-refractivity contribution in [2.24, 2.45) is 5.73 Å². The quantitative estimate of drug-likeness (QED) is 0.332. The second-order valence-electron chi connectivity index (χ2n) is 4.56. The molecule has 23 heavy (non-hydrogen) atoms. The summed E-state index contributed by atoms with van der Waals surface area (Å²) in [7, 11) is 0. The Bertz CT molecular complexity index is 853. The van der Waals surface area contributed by atoms with Crippen molar-refractivity contribution < 1.29 is 15.1 Å². The molecule has 0 bridgehead atoms. The molecule has 0 saturated heterocycles. The first-order valence-electron chi connectivity index (χ1n) is 6.24. The molecule has 0 saturated carbocycles. The fourth-order valence-corrected chi connectivity index (χ4v) is 1.82. The molecule has 0 fully saturated rings. The minimum absolute atomic E-state index is 0.00549. The Kier molecular flexibility index (Phi) is 4.09. The topological polar surface area (TPSA) is 159 Å². The van der Waals surface area contributed by atoms with Gasteiger partial charge < -0.3 is 15.9 Å². The molecule has 0 radical (unpaired) electrons. The number of nitro groups is 1. The maximum atomic E-state index is 10.9. The van der Waals surface area contributed by atoms with Crippen LogP contribution in [0.4, 0.5) is 5.69 Å². The van der Waals surface area contributed by atoms with Crippen molar-refractivity contribution in [2.45, 2.75) is 6.92 Å². The van der Waals surface area contributed by atoms with Crippen molar-refractivity contribution in [3.05, 3.63) is 51.6 Å². The first-order chi connectivity index (χ1) is 10.8. The van der Waals surface area contributed by atoms with Gasteiger partial charge in [0.15, 0.2) is 5.75 Å². The number of nitrogens with two attached hydrogens (primary N) is 1. The summed E-state index contributed by atoms with van der Waals surface area (Å²) in [6, 6.07) is 3.84. The van der Waals surface area contributed by atoms with Gasteiger partial charge in [0.1, 0.15) is 17.3 Å². The number of phenolic OH excluding ortho intramolecular Hbond substituents is 2. The monoisotopic (exact) mass is 313 g/mol. The highest BCUT2D eigenvalue weighted by molar-refractivity contribution is 5.95. The molecule has 116 valence electrons. The summed E-state index contributed by atoms with van der Waals surface area (Å²) in [5.74, 6) is -1.59. The fourth-order valence-electron chi connectivity index (χ4n) is 1.82. The van der Waals surface area contributed by atoms with Crippen LogP contribution in [-0.2, 0) is 0 Å². The minimum atomic E-state index is -0.875. The predicted octanol–water partition coefficient (Wildman–Crippen LogP) is 1.45. The van der Waals surface area contributed by atoms with E-state index in [0.717, 1.165) is 12.1 Å². The summed E-state index contributed by atoms with van der Waals surface area (Å²) in [6.45, 7) is 1.72. The molecule has 0 amide bonds. The molecule has 0 unspecified atom stereocenters. The van der Waals surface area contributed by atoms with E-state index in [9.17, 15) is 25.6 Å². The number of hydrogen-bond acceptors (Lipinski definition) is 8. The van der Waals surface area contributed by atoms with E-state index in [1.165, 1.54) is 12.4 Å². The number of rotatable bonds is 3. The first-order valence-corrected chi connectivity index (χ1v) is 6.24. The second kappa shape index (κ2) is 5.98. The molecule has 1 aromatic carbocycles. The van der Waals surface area contributed by atoms with Gasteiger partial charge in [-0.3, -0.25) is 20.1 Å². The summed E-state index contributed by atoms with van der Waals surface area (Å²) in [5.41, 5.74) is 5.79. The zero-order chi connectivity index (χ0) is 17.1. The number of phenols is 2. The molecular weight excluding hydrogens is 302 g/mol. The summed E-state index contributed by atoms with van der Waals surface area (Å²) >= 11 is 0. The average molecular weight is 313 g/mol. The van der Waals surface area contributed by atoms with E-state index in [2.05, 4.69) is 9.97 Å². The van der Waals surface area contributed by atoms with E-state index in [1.807, 2.05) is 6.07 Å². The molecule has 0 spiro atoms. The number of aromatic nitrogens is 2. The van der Waals surface area contributed by atoms with Crippen molar-refractivity contribution >= 4 is 17.0 Å². The van der Waals surface area contributed by atoms with Gasteiger partial charge in [0.25, 0.3) is 0 Å². The first kappa shape index (κ1) is 15.7. The second-order valence-corrected chi connectivity index (χ2v) is 4.56. The Hall–Kier alpha value is -3.67. The fraction of sp³-hybridized carbons (Fsp3) is 0.0714. The standard InChI is InChI=1S/C14H11N5O4/c1-7-5-18-10(6-17-7)9(4-15)13(16)8-2-11(19(22)23)14(21)12(20)3-8/h2-3,5-6,20-21H,16H2,1H3/b13-9-. The molecule has 2 rings (SSSR count). The number of aryl methyl sites for hydroxylation is 1. The highest BCUT2D eigenvalue weighted by Crippen LogP contribution is 2.38. The molecular formula is C14H11N5O4. The summed E-state index contributed by atoms with van der Waals surface area (Å²) in [5, 5.41) is 39.2. The van der Waals surface area contributed by atoms with Crippen molar-refractivity contribution in [1.29, 1.82) is 5.26 Å². The van der Waals surface area contributed by atoms with Gasteiger partial charge in [0, 0.05) is 17.8 Å². The Morgan fingerprint density at radius 3 is 2.57 bits per heavy atom. The van der Waals surface area contributed by atoms with Gasteiger partial charge in [-0.25, -0.2) is 0 Å². The molecule has 1 heterocycles. The lowest BCUT2D eigenvalue weighted by atomic mass is 10.0. The molecule has 9 nitrogen and oxygen atoms in total. The Balaban J connectivity index is 2.65. The third-order valence-corrected chi connectivity index (χ3v) is 3.00. The third-order valence-electron chi connectivity index (χ3n) is 3.00. The van der Waals surface area contributed by atoms with Crippen LogP contribution in [-0.4, -0.2) is 25.1 Å². The van der Waals surface area contributed by atoms with Crippen LogP contribution in [0, 0.1) is 28.4 Å². The van der Waals surface area contributed by atoms with Crippen LogP contribution < -0.4 is 5.73 Å². The van der Waals surface area contributed by atoms with Crippen molar-refractivity contribution in [1.82, 2.24) is 9.97 Å². The highest BCUT2D eigenvalue weighted by Gasteiger charge is 2.21. The molecule has 4 N–H and O–H groups in total. The van der Waals surface area contributed by atoms with Gasteiger partial charge in [0.2, 0.25) is 5.75 Å². The van der Waals surface area contributed by atoms with Crippen LogP contribution in [0.1, 0.15) is 17.0 Å². The summed E-state index contributed by atoms with van der Waals surface area (Å²) in [6.07, 6.45) is 2.78. The Labute approximate surface area is 130 Å². The lowest BCUT2D eigenvalue weighted by molar-refractivity contribution is -0.386. The van der Waals surface area contributed by atoms with Crippen molar-refractivity contribution in [3.8, 4) is 17.6 Å². The van der Waals surface area contributed by atoms with Gasteiger partial charge in [-0.05, 0) is 13.0 Å². The Morgan fingerprint density at radius 1 is 1.35 bits per heavy atom. The molecule has 9 heteroatoms. The zero-order valence-corrected chi connectivity index (χ0v) is 11.9. The SMILES string of the molecule is Cc1cnc(/C(C#N)=C(\N)c2cc(O)c(O)c([N+](=O)[O-])c2)cn1. The minimum Gasteiger partial charge on any atom is -0.504 e. The van der Waals surface area contributed by atoms with E-state index in [1.54, 1.807) is 6.92 Å². The number of nitrogens with zero attached hydrogens (tertiary/aromatic N) is 4. The normalized spacial score (nSPS) is 11.5. The number of aromatic hydroxyl groups is 2. The van der Waals surface area contributed by atoms with Crippen molar-refractivity contribution in [2.75, 3.05) is 0 Å². The third kappa shape index (κ3) is 3.01. The summed E-state index contributed by atoms with van der Waals surface area (Å²) < 4.78 is 0. The number of nitro benzene ring substituents is 1.